The molecule has 0 fully saturated rings. The van der Waals surface area contributed by atoms with Crippen LogP contribution in [0.3, 0.4) is 0 Å². The Bertz CT molecular complexity index is 480. The van der Waals surface area contributed by atoms with Crippen molar-refractivity contribution in [2.45, 2.75) is 32.2 Å². The van der Waals surface area contributed by atoms with Gasteiger partial charge in [0.1, 0.15) is 0 Å². The van der Waals surface area contributed by atoms with Gasteiger partial charge in [0.05, 0.1) is 0 Å². The van der Waals surface area contributed by atoms with Gasteiger partial charge in [0.25, 0.3) is 0 Å². The van der Waals surface area contributed by atoms with Crippen LogP contribution in [0.2, 0.25) is 0 Å². The van der Waals surface area contributed by atoms with Gasteiger partial charge in [-0.15, -0.1) is 0 Å². The quantitative estimate of drug-likeness (QED) is 0.738. The molecule has 1 rings (SSSR count). The van der Waals surface area contributed by atoms with E-state index in [1.165, 1.54) is 0 Å². The second kappa shape index (κ2) is 3.99. The fraction of sp³-hybridized carbons (Fsp3) is 0.833. The molecule has 0 aromatic carbocycles. The number of aromatic nitrogens is 4. The highest BCUT2D eigenvalue weighted by Gasteiger charge is 2.20. The normalized spacial score (nSPS) is 13.0. The highest BCUT2D eigenvalue weighted by atomic mass is 32.2. The van der Waals surface area contributed by atoms with Gasteiger partial charge >= 0.3 is 0 Å². The number of nitrogens with zero attached hydrogens (tertiary/aromatic N) is 3. The Hall–Kier alpha value is -0.800. The van der Waals surface area contributed by atoms with E-state index < -0.39 is 15.6 Å². The van der Waals surface area contributed by atoms with Crippen molar-refractivity contribution >= 4 is 22.2 Å². The second-order valence-corrected chi connectivity index (χ2v) is 6.18. The van der Waals surface area contributed by atoms with E-state index in [0.717, 1.165) is 4.80 Å². The summed E-state index contributed by atoms with van der Waals surface area (Å²) in [6, 6.07) is 0. The van der Waals surface area contributed by atoms with Crippen molar-refractivity contribution in [3.8, 4) is 0 Å². The molecule has 0 saturated carbocycles. The van der Waals surface area contributed by atoms with E-state index in [2.05, 4.69) is 32.4 Å². The van der Waals surface area contributed by atoms with E-state index in [-0.39, 0.29) is 10.6 Å². The fourth-order valence-corrected chi connectivity index (χ4v) is 2.55. The lowest BCUT2D eigenvalue weighted by Crippen LogP contribution is -2.42. The minimum absolute atomic E-state index is 0.154. The number of hydrogen-bond acceptors (Lipinski definition) is 5. The van der Waals surface area contributed by atoms with E-state index in [1.54, 1.807) is 20.8 Å². The van der Waals surface area contributed by atoms with Crippen molar-refractivity contribution < 1.29 is 8.42 Å². The number of rotatable bonds is 3. The predicted octanol–water partition coefficient (Wildman–Crippen LogP) is 0.0111. The first kappa shape index (κ1) is 12.3. The topological polar surface area (TPSA) is 92.7 Å². The number of nitrogens with one attached hydrogen (secondary N) is 2. The summed E-state index contributed by atoms with van der Waals surface area (Å²) in [5.74, 6) is -0.325. The minimum atomic E-state index is -3.45. The zero-order valence-corrected chi connectivity index (χ0v) is 10.3. The first-order valence-electron chi connectivity index (χ1n) is 4.19. The zero-order valence-electron chi connectivity index (χ0n) is 8.68. The molecule has 0 aliphatic rings. The molecule has 0 saturated heterocycles. The molecule has 0 aliphatic carbocycles. The van der Waals surface area contributed by atoms with Crippen molar-refractivity contribution in [1.29, 1.82) is 0 Å². The molecule has 7 nitrogen and oxygen atoms in total. The fourth-order valence-electron chi connectivity index (χ4n) is 0.968. The largest absolute Gasteiger partial charge is 0.252 e. The first-order valence-corrected chi connectivity index (χ1v) is 6.25. The maximum Gasteiger partial charge on any atom is 0.235 e. The van der Waals surface area contributed by atoms with E-state index in [9.17, 15) is 8.42 Å². The maximum absolute atomic E-state index is 11.6. The molecular formula is C6H13N5O2S2. The van der Waals surface area contributed by atoms with Crippen LogP contribution in [0, 0.1) is 4.77 Å². The average Bonchev–Trinajstić information content (AvgIpc) is 2.27. The van der Waals surface area contributed by atoms with Crippen molar-refractivity contribution in [2.24, 2.45) is 0 Å². The lowest BCUT2D eigenvalue weighted by atomic mass is 10.1. The molecule has 86 valence electrons. The monoisotopic (exact) mass is 251 g/mol. The van der Waals surface area contributed by atoms with Crippen molar-refractivity contribution in [3.63, 3.8) is 0 Å². The third kappa shape index (κ3) is 4.49. The number of hydrogen-bond donors (Lipinski definition) is 2. The van der Waals surface area contributed by atoms with Gasteiger partial charge < -0.3 is 0 Å². The van der Waals surface area contributed by atoms with E-state index in [0.29, 0.717) is 0 Å². The number of sulfonamides is 1. The Kier molecular flexibility index (Phi) is 3.26. The molecule has 0 bridgehead atoms. The van der Waals surface area contributed by atoms with Crippen LogP contribution in [0.4, 0.5) is 0 Å². The Balaban J connectivity index is 2.78. The minimum Gasteiger partial charge on any atom is -0.252 e. The molecule has 0 aliphatic heterocycles. The lowest BCUT2D eigenvalue weighted by Gasteiger charge is -2.19. The van der Waals surface area contributed by atoms with Gasteiger partial charge in [-0.25, -0.2) is 13.1 Å². The summed E-state index contributed by atoms with van der Waals surface area (Å²) in [5, 5.41) is 9.50. The Morgan fingerprint density at radius 1 is 1.53 bits per heavy atom. The Labute approximate surface area is 92.9 Å². The molecule has 1 aromatic heterocycles. The second-order valence-electron chi connectivity index (χ2n) is 4.10. The summed E-state index contributed by atoms with van der Waals surface area (Å²) in [6.45, 7) is 5.27. The van der Waals surface area contributed by atoms with Gasteiger partial charge in [0, 0.05) is 5.54 Å². The van der Waals surface area contributed by atoms with Crippen molar-refractivity contribution in [3.05, 3.63) is 4.77 Å². The van der Waals surface area contributed by atoms with Gasteiger partial charge in [-0.1, -0.05) is 5.10 Å². The molecular weight excluding hydrogens is 238 g/mol. The summed E-state index contributed by atoms with van der Waals surface area (Å²) in [7, 11) is -3.45. The molecule has 0 amide bonds. The summed E-state index contributed by atoms with van der Waals surface area (Å²) in [4.78, 5) is 1.07. The van der Waals surface area contributed by atoms with Crippen LogP contribution in [-0.4, -0.2) is 34.2 Å². The van der Waals surface area contributed by atoms with E-state index in [4.69, 9.17) is 0 Å². The van der Waals surface area contributed by atoms with Crippen LogP contribution in [0.1, 0.15) is 20.8 Å². The van der Waals surface area contributed by atoms with E-state index in [1.807, 2.05) is 0 Å². The number of tetrazole rings is 1. The van der Waals surface area contributed by atoms with Crippen molar-refractivity contribution in [2.75, 3.05) is 0 Å². The highest BCUT2D eigenvalue weighted by molar-refractivity contribution is 7.88. The third-order valence-electron chi connectivity index (χ3n) is 1.22. The van der Waals surface area contributed by atoms with Crippen LogP contribution >= 0.6 is 12.2 Å². The lowest BCUT2D eigenvalue weighted by molar-refractivity contribution is 0.475. The molecule has 9 heteroatoms. The first-order chi connectivity index (χ1) is 6.68. The Morgan fingerprint density at radius 3 is 2.53 bits per heavy atom. The summed E-state index contributed by atoms with van der Waals surface area (Å²) >= 11 is 4.67. The van der Waals surface area contributed by atoms with Gasteiger partial charge in [0.2, 0.25) is 14.8 Å². The van der Waals surface area contributed by atoms with Crippen LogP contribution < -0.4 is 4.72 Å². The van der Waals surface area contributed by atoms with Crippen LogP contribution in [-0.2, 0) is 15.9 Å². The summed E-state index contributed by atoms with van der Waals surface area (Å²) in [6.07, 6.45) is 0. The van der Waals surface area contributed by atoms with Crippen molar-refractivity contribution in [1.82, 2.24) is 24.9 Å². The predicted molar refractivity (Wildman–Crippen MR) is 57.0 cm³/mol. The van der Waals surface area contributed by atoms with Gasteiger partial charge in [-0.05, 0) is 38.2 Å². The standard InChI is InChI=1S/C6H13N5O2S2/c1-6(2,3)9-15(12,13)4-11-8-5(14)7-10-11/h9H,4H2,1-3H3,(H,8,14). The van der Waals surface area contributed by atoms with Gasteiger partial charge in [-0.2, -0.15) is 4.80 Å². The number of aromatic amines is 1. The van der Waals surface area contributed by atoms with Gasteiger partial charge in [-0.3, -0.25) is 5.10 Å². The highest BCUT2D eigenvalue weighted by Crippen LogP contribution is 2.02. The molecule has 1 aromatic rings. The smallest absolute Gasteiger partial charge is 0.235 e. The number of H-pyrrole nitrogens is 1. The summed E-state index contributed by atoms with van der Waals surface area (Å²) < 4.78 is 25.8. The average molecular weight is 251 g/mol. The molecule has 2 N–H and O–H groups in total. The molecule has 0 spiro atoms. The third-order valence-corrected chi connectivity index (χ3v) is 2.90. The molecule has 15 heavy (non-hydrogen) atoms. The molecule has 1 heterocycles. The molecule has 0 radical (unpaired) electrons. The molecule has 0 unspecified atom stereocenters. The molecule has 0 atom stereocenters. The van der Waals surface area contributed by atoms with Crippen LogP contribution in [0.15, 0.2) is 0 Å². The van der Waals surface area contributed by atoms with E-state index >= 15 is 0 Å². The zero-order chi connectivity index (χ0) is 11.7. The summed E-state index contributed by atoms with van der Waals surface area (Å²) in [5.41, 5.74) is -0.518. The van der Waals surface area contributed by atoms with Crippen LogP contribution in [0.25, 0.3) is 0 Å². The van der Waals surface area contributed by atoms with Gasteiger partial charge in [0.15, 0.2) is 5.88 Å². The maximum atomic E-state index is 11.6. The van der Waals surface area contributed by atoms with Crippen LogP contribution in [0.5, 0.6) is 0 Å². The Morgan fingerprint density at radius 2 is 2.13 bits per heavy atom. The SMILES string of the molecule is CC(C)(C)NS(=O)(=O)Cn1nnc(=S)[nH]1.